The molecule has 1 fully saturated rings. The van der Waals surface area contributed by atoms with Crippen molar-refractivity contribution in [2.24, 2.45) is 0 Å². The summed E-state index contributed by atoms with van der Waals surface area (Å²) in [5.74, 6) is 0.273. The summed E-state index contributed by atoms with van der Waals surface area (Å²) in [6.45, 7) is 9.89. The zero-order chi connectivity index (χ0) is 24.8. The van der Waals surface area contributed by atoms with Crippen LogP contribution in [0, 0.1) is 13.8 Å². The molecule has 2 aromatic rings. The summed E-state index contributed by atoms with van der Waals surface area (Å²) >= 11 is 0.814. The van der Waals surface area contributed by atoms with Crippen molar-refractivity contribution in [1.82, 2.24) is 4.90 Å². The number of ether oxygens (including phenoxy) is 2. The average Bonchev–Trinajstić information content (AvgIpc) is 3.02. The second-order valence-electron chi connectivity index (χ2n) is 8.17. The Morgan fingerprint density at radius 1 is 1.09 bits per heavy atom. The van der Waals surface area contributed by atoms with Crippen LogP contribution in [-0.4, -0.2) is 41.2 Å². The van der Waals surface area contributed by atoms with Crippen molar-refractivity contribution in [2.45, 2.75) is 47.1 Å². The van der Waals surface area contributed by atoms with Gasteiger partial charge in [0.25, 0.3) is 11.1 Å². The Kier molecular flexibility index (Phi) is 8.39. The molecule has 1 saturated heterocycles. The summed E-state index contributed by atoms with van der Waals surface area (Å²) in [6, 6.07) is 11.1. The zero-order valence-electron chi connectivity index (χ0n) is 20.1. The Balaban J connectivity index is 1.73. The lowest BCUT2D eigenvalue weighted by Gasteiger charge is -2.16. The summed E-state index contributed by atoms with van der Waals surface area (Å²) in [4.78, 5) is 39.0. The number of nitrogens with zero attached hydrogens (tertiary/aromatic N) is 1. The number of rotatable bonds is 9. The zero-order valence-corrected chi connectivity index (χ0v) is 21.0. The number of imide groups is 1. The molecule has 0 aromatic heterocycles. The fraction of sp³-hybridized carbons (Fsp3) is 0.346. The molecule has 8 heteroatoms. The van der Waals surface area contributed by atoms with Crippen molar-refractivity contribution in [2.75, 3.05) is 18.5 Å². The van der Waals surface area contributed by atoms with Gasteiger partial charge in [-0.25, -0.2) is 0 Å². The number of hydrogen-bond donors (Lipinski definition) is 1. The van der Waals surface area contributed by atoms with Gasteiger partial charge < -0.3 is 14.8 Å². The molecule has 1 atom stereocenters. The molecular formula is C26H30N2O5S. The van der Waals surface area contributed by atoms with Gasteiger partial charge in [-0.15, -0.1) is 0 Å². The highest BCUT2D eigenvalue weighted by atomic mass is 32.2. The minimum Gasteiger partial charge on any atom is -0.490 e. The lowest BCUT2D eigenvalue weighted by atomic mass is 10.1. The van der Waals surface area contributed by atoms with Gasteiger partial charge in [-0.05, 0) is 92.9 Å². The van der Waals surface area contributed by atoms with Crippen molar-refractivity contribution in [3.63, 3.8) is 0 Å². The Morgan fingerprint density at radius 2 is 1.79 bits per heavy atom. The molecule has 1 aliphatic rings. The highest BCUT2D eigenvalue weighted by molar-refractivity contribution is 8.18. The van der Waals surface area contributed by atoms with Crippen LogP contribution in [-0.2, 0) is 9.59 Å². The number of carbonyl (C=O) groups excluding carboxylic acids is 3. The molecule has 1 aliphatic heterocycles. The summed E-state index contributed by atoms with van der Waals surface area (Å²) in [5.41, 5.74) is 3.35. The minimum absolute atomic E-state index is 0.0384. The number of carbonyl (C=O) groups is 3. The van der Waals surface area contributed by atoms with Crippen LogP contribution in [0.5, 0.6) is 11.5 Å². The third kappa shape index (κ3) is 6.41. The van der Waals surface area contributed by atoms with E-state index in [0.717, 1.165) is 34.2 Å². The van der Waals surface area contributed by atoms with E-state index in [4.69, 9.17) is 9.47 Å². The summed E-state index contributed by atoms with van der Waals surface area (Å²) in [7, 11) is 0. The van der Waals surface area contributed by atoms with E-state index >= 15 is 0 Å². The molecule has 0 unspecified atom stereocenters. The Hall–Kier alpha value is -3.26. The molecule has 3 rings (SSSR count). The van der Waals surface area contributed by atoms with Crippen LogP contribution in [0.2, 0.25) is 0 Å². The van der Waals surface area contributed by atoms with Crippen molar-refractivity contribution in [1.29, 1.82) is 0 Å². The lowest BCUT2D eigenvalue weighted by molar-refractivity contribution is -0.127. The second kappa shape index (κ2) is 11.2. The minimum atomic E-state index is -0.497. The molecule has 0 aliphatic carbocycles. The van der Waals surface area contributed by atoms with E-state index in [0.29, 0.717) is 29.4 Å². The maximum atomic E-state index is 12.9. The van der Waals surface area contributed by atoms with Gasteiger partial charge in [0, 0.05) is 5.69 Å². The predicted octanol–water partition coefficient (Wildman–Crippen LogP) is 5.55. The standard InChI is InChI=1S/C26H30N2O5S/c1-6-18(5)33-21-9-8-19(13-22(21)32-7-2)14-23-25(30)28(26(31)34-23)15-24(29)27-20-11-16(3)10-17(4)12-20/h8-14,18H,6-7,15H2,1-5H3,(H,27,29)/b23-14+/t18-/m0/s1. The van der Waals surface area contributed by atoms with Crippen LogP contribution in [0.3, 0.4) is 0 Å². The van der Waals surface area contributed by atoms with Crippen LogP contribution >= 0.6 is 11.8 Å². The van der Waals surface area contributed by atoms with Gasteiger partial charge in [-0.2, -0.15) is 0 Å². The van der Waals surface area contributed by atoms with Gasteiger partial charge in [0.1, 0.15) is 6.54 Å². The number of anilines is 1. The molecule has 34 heavy (non-hydrogen) atoms. The van der Waals surface area contributed by atoms with E-state index in [1.165, 1.54) is 0 Å². The molecule has 1 heterocycles. The second-order valence-corrected chi connectivity index (χ2v) is 9.16. The first-order valence-corrected chi connectivity index (χ1v) is 12.1. The Labute approximate surface area is 204 Å². The van der Waals surface area contributed by atoms with Crippen LogP contribution in [0.15, 0.2) is 41.3 Å². The van der Waals surface area contributed by atoms with E-state index in [1.807, 2.05) is 52.8 Å². The first kappa shape index (κ1) is 25.4. The summed E-state index contributed by atoms with van der Waals surface area (Å²) in [6.07, 6.45) is 2.52. The van der Waals surface area contributed by atoms with Crippen LogP contribution in [0.1, 0.15) is 43.9 Å². The van der Waals surface area contributed by atoms with E-state index in [9.17, 15) is 14.4 Å². The fourth-order valence-electron chi connectivity index (χ4n) is 3.46. The third-order valence-electron chi connectivity index (χ3n) is 5.15. The number of amides is 3. The molecule has 1 N–H and O–H groups in total. The predicted molar refractivity (Wildman–Crippen MR) is 135 cm³/mol. The number of thioether (sulfide) groups is 1. The molecule has 180 valence electrons. The summed E-state index contributed by atoms with van der Waals surface area (Å²) < 4.78 is 11.6. The highest BCUT2D eigenvalue weighted by Gasteiger charge is 2.36. The van der Waals surface area contributed by atoms with Crippen LogP contribution < -0.4 is 14.8 Å². The van der Waals surface area contributed by atoms with Crippen molar-refractivity contribution < 1.29 is 23.9 Å². The quantitative estimate of drug-likeness (QED) is 0.472. The molecule has 0 radical (unpaired) electrons. The lowest BCUT2D eigenvalue weighted by Crippen LogP contribution is -2.36. The Morgan fingerprint density at radius 3 is 2.44 bits per heavy atom. The third-order valence-corrected chi connectivity index (χ3v) is 6.06. The van der Waals surface area contributed by atoms with Crippen LogP contribution in [0.25, 0.3) is 6.08 Å². The maximum absolute atomic E-state index is 12.9. The van der Waals surface area contributed by atoms with E-state index in [2.05, 4.69) is 5.32 Å². The number of aryl methyl sites for hydroxylation is 2. The molecular weight excluding hydrogens is 452 g/mol. The van der Waals surface area contributed by atoms with Gasteiger partial charge in [0.05, 0.1) is 17.6 Å². The topological polar surface area (TPSA) is 84.9 Å². The van der Waals surface area contributed by atoms with E-state index in [1.54, 1.807) is 24.3 Å². The number of hydrogen-bond acceptors (Lipinski definition) is 6. The van der Waals surface area contributed by atoms with Crippen molar-refractivity contribution in [3.05, 3.63) is 58.0 Å². The Bertz CT molecular complexity index is 1110. The first-order chi connectivity index (χ1) is 16.2. The smallest absolute Gasteiger partial charge is 0.294 e. The van der Waals surface area contributed by atoms with Gasteiger partial charge >= 0.3 is 0 Å². The normalized spacial score (nSPS) is 15.6. The fourth-order valence-corrected chi connectivity index (χ4v) is 4.30. The number of nitrogens with one attached hydrogen (secondary N) is 1. The highest BCUT2D eigenvalue weighted by Crippen LogP contribution is 2.35. The molecule has 0 saturated carbocycles. The average molecular weight is 483 g/mol. The SMILES string of the molecule is CCOc1cc(/C=C2/SC(=O)N(CC(=O)Nc3cc(C)cc(C)c3)C2=O)ccc1O[C@@H](C)CC. The van der Waals surface area contributed by atoms with Gasteiger partial charge in [0.2, 0.25) is 5.91 Å². The van der Waals surface area contributed by atoms with Gasteiger partial charge in [-0.3, -0.25) is 19.3 Å². The molecule has 0 bridgehead atoms. The van der Waals surface area contributed by atoms with Crippen molar-refractivity contribution in [3.8, 4) is 11.5 Å². The monoisotopic (exact) mass is 482 g/mol. The van der Waals surface area contributed by atoms with E-state index < -0.39 is 17.1 Å². The molecule has 7 nitrogen and oxygen atoms in total. The van der Waals surface area contributed by atoms with Crippen LogP contribution in [0.4, 0.5) is 10.5 Å². The van der Waals surface area contributed by atoms with Crippen molar-refractivity contribution >= 4 is 40.6 Å². The van der Waals surface area contributed by atoms with E-state index in [-0.39, 0.29) is 17.6 Å². The maximum Gasteiger partial charge on any atom is 0.294 e. The molecule has 2 aromatic carbocycles. The van der Waals surface area contributed by atoms with Gasteiger partial charge in [-0.1, -0.05) is 19.1 Å². The summed E-state index contributed by atoms with van der Waals surface area (Å²) in [5, 5.41) is 2.28. The largest absolute Gasteiger partial charge is 0.490 e. The number of benzene rings is 2. The van der Waals surface area contributed by atoms with Gasteiger partial charge in [0.15, 0.2) is 11.5 Å². The molecule has 0 spiro atoms. The molecule has 3 amide bonds. The first-order valence-electron chi connectivity index (χ1n) is 11.3.